The molecule has 10 heteroatoms. The smallest absolute Gasteiger partial charge is 0.410 e. The number of carbonyl (C=O) groups is 1. The van der Waals surface area contributed by atoms with E-state index in [-0.39, 0.29) is 23.6 Å². The van der Waals surface area contributed by atoms with Crippen LogP contribution in [0, 0.1) is 0 Å². The van der Waals surface area contributed by atoms with Gasteiger partial charge in [-0.2, -0.15) is 0 Å². The summed E-state index contributed by atoms with van der Waals surface area (Å²) in [6, 6.07) is 11.3. The van der Waals surface area contributed by atoms with Gasteiger partial charge in [0.2, 0.25) is 5.43 Å². The maximum absolute atomic E-state index is 13.5. The van der Waals surface area contributed by atoms with E-state index < -0.39 is 5.60 Å². The lowest BCUT2D eigenvalue weighted by atomic mass is 10.1. The minimum absolute atomic E-state index is 0.0823. The summed E-state index contributed by atoms with van der Waals surface area (Å²) in [5.74, 6) is 1.64. The van der Waals surface area contributed by atoms with Crippen LogP contribution >= 0.6 is 0 Å². The van der Waals surface area contributed by atoms with Gasteiger partial charge in [0.15, 0.2) is 0 Å². The van der Waals surface area contributed by atoms with Crippen LogP contribution in [-0.4, -0.2) is 49.6 Å². The molecule has 1 unspecified atom stereocenters. The van der Waals surface area contributed by atoms with E-state index in [0.717, 1.165) is 60.6 Å². The van der Waals surface area contributed by atoms with Crippen molar-refractivity contribution in [1.29, 1.82) is 0 Å². The van der Waals surface area contributed by atoms with E-state index in [1.165, 1.54) is 0 Å². The molecule has 0 spiro atoms. The summed E-state index contributed by atoms with van der Waals surface area (Å²) in [6.45, 7) is 7.23. The first-order valence-electron chi connectivity index (χ1n) is 14.6. The van der Waals surface area contributed by atoms with Crippen molar-refractivity contribution < 1.29 is 13.9 Å². The highest BCUT2D eigenvalue weighted by Gasteiger charge is 2.35. The van der Waals surface area contributed by atoms with Crippen molar-refractivity contribution in [1.82, 2.24) is 30.2 Å². The molecule has 3 N–H and O–H groups in total. The number of likely N-dealkylation sites (tertiary alicyclic amines) is 1. The SMILES string of the molecule is CC(C)(C)OC(=O)N1CCCC1c1ncc(-c2ccc3c(=O)c4cc(-c5cnc([C@@H]6CCCN6)[nH]5)ccc4oc3c2)[nH]1. The van der Waals surface area contributed by atoms with Gasteiger partial charge >= 0.3 is 6.09 Å². The first-order valence-corrected chi connectivity index (χ1v) is 14.6. The fourth-order valence-corrected chi connectivity index (χ4v) is 6.01. The lowest BCUT2D eigenvalue weighted by Gasteiger charge is -2.27. The number of nitrogens with one attached hydrogen (secondary N) is 3. The predicted octanol–water partition coefficient (Wildman–Crippen LogP) is 6.22. The van der Waals surface area contributed by atoms with E-state index in [1.807, 2.05) is 57.3 Å². The molecule has 0 radical (unpaired) electrons. The molecule has 0 aliphatic carbocycles. The van der Waals surface area contributed by atoms with E-state index >= 15 is 0 Å². The fourth-order valence-electron chi connectivity index (χ4n) is 6.01. The normalized spacial score (nSPS) is 19.3. The third kappa shape index (κ3) is 4.85. The van der Waals surface area contributed by atoms with Crippen molar-refractivity contribution in [3.8, 4) is 22.5 Å². The molecule has 2 aromatic carbocycles. The molecule has 5 aromatic rings. The van der Waals surface area contributed by atoms with Crippen LogP contribution < -0.4 is 10.7 Å². The number of H-pyrrole nitrogens is 2. The highest BCUT2D eigenvalue weighted by Crippen LogP contribution is 2.34. The lowest BCUT2D eigenvalue weighted by Crippen LogP contribution is -2.36. The van der Waals surface area contributed by atoms with Crippen molar-refractivity contribution in [3.63, 3.8) is 0 Å². The Bertz CT molecular complexity index is 1860. The topological polar surface area (TPSA) is 129 Å². The second-order valence-electron chi connectivity index (χ2n) is 12.2. The Morgan fingerprint density at radius 3 is 2.43 bits per heavy atom. The molecule has 3 aromatic heterocycles. The van der Waals surface area contributed by atoms with E-state index in [1.54, 1.807) is 17.2 Å². The van der Waals surface area contributed by atoms with Gasteiger partial charge in [-0.3, -0.25) is 9.69 Å². The number of fused-ring (bicyclic) bond motifs is 2. The zero-order valence-corrected chi connectivity index (χ0v) is 24.0. The van der Waals surface area contributed by atoms with Crippen molar-refractivity contribution in [3.05, 3.63) is 70.7 Å². The molecule has 5 heterocycles. The average Bonchev–Trinajstić information content (AvgIpc) is 3.78. The molecule has 0 saturated carbocycles. The molecule has 216 valence electrons. The standard InChI is InChI=1S/C32H34N6O4/c1-32(2,3)42-31(40)38-13-5-7-25(38)30-35-17-24(37-30)19-8-10-20-27(15-19)41-26-11-9-18(14-21(26)28(20)39)23-16-34-29(36-23)22-6-4-12-33-22/h8-11,14-17,22,25,33H,4-7,12-13H2,1-3H3,(H,34,36)(H,35,37)/t22-,25?/m0/s1. The van der Waals surface area contributed by atoms with Gasteiger partial charge in [0.1, 0.15) is 28.4 Å². The van der Waals surface area contributed by atoms with Crippen LogP contribution in [0.25, 0.3) is 44.5 Å². The van der Waals surface area contributed by atoms with Crippen LogP contribution in [0.3, 0.4) is 0 Å². The second-order valence-corrected chi connectivity index (χ2v) is 12.2. The number of imidazole rings is 2. The van der Waals surface area contributed by atoms with E-state index in [0.29, 0.717) is 34.3 Å². The number of nitrogens with zero attached hydrogens (tertiary/aromatic N) is 3. The molecule has 2 fully saturated rings. The number of hydrogen-bond acceptors (Lipinski definition) is 7. The zero-order valence-electron chi connectivity index (χ0n) is 24.0. The highest BCUT2D eigenvalue weighted by atomic mass is 16.6. The van der Waals surface area contributed by atoms with E-state index in [2.05, 4.69) is 25.3 Å². The van der Waals surface area contributed by atoms with Gasteiger partial charge in [0.05, 0.1) is 46.6 Å². The number of amides is 1. The van der Waals surface area contributed by atoms with Crippen LogP contribution in [0.15, 0.2) is 58.0 Å². The number of rotatable bonds is 4. The Kier molecular flexibility index (Phi) is 6.38. The molecule has 2 aliphatic rings. The molecular formula is C32H34N6O4. The quantitative estimate of drug-likeness (QED) is 0.220. The van der Waals surface area contributed by atoms with E-state index in [9.17, 15) is 9.59 Å². The van der Waals surface area contributed by atoms with Crippen molar-refractivity contribution in [2.24, 2.45) is 0 Å². The molecule has 1 amide bonds. The fraction of sp³-hybridized carbons (Fsp3) is 0.375. The van der Waals surface area contributed by atoms with Gasteiger partial charge in [0, 0.05) is 17.7 Å². The minimum atomic E-state index is -0.561. The highest BCUT2D eigenvalue weighted by molar-refractivity contribution is 5.93. The summed E-state index contributed by atoms with van der Waals surface area (Å²) < 4.78 is 11.8. The summed E-state index contributed by atoms with van der Waals surface area (Å²) in [5, 5.41) is 4.49. The van der Waals surface area contributed by atoms with Crippen LogP contribution in [0.5, 0.6) is 0 Å². The first-order chi connectivity index (χ1) is 20.2. The lowest BCUT2D eigenvalue weighted by molar-refractivity contribution is 0.0218. The van der Waals surface area contributed by atoms with Crippen molar-refractivity contribution in [2.45, 2.75) is 64.1 Å². The van der Waals surface area contributed by atoms with Gasteiger partial charge in [-0.25, -0.2) is 14.8 Å². The molecule has 10 nitrogen and oxygen atoms in total. The summed E-state index contributed by atoms with van der Waals surface area (Å²) >= 11 is 0. The molecule has 2 saturated heterocycles. The summed E-state index contributed by atoms with van der Waals surface area (Å²) in [6.07, 6.45) is 7.15. The van der Waals surface area contributed by atoms with Crippen molar-refractivity contribution in [2.75, 3.05) is 13.1 Å². The Balaban J connectivity index is 1.17. The third-order valence-electron chi connectivity index (χ3n) is 8.07. The molecule has 7 rings (SSSR count). The summed E-state index contributed by atoms with van der Waals surface area (Å²) in [7, 11) is 0. The Morgan fingerprint density at radius 2 is 1.67 bits per heavy atom. The van der Waals surface area contributed by atoms with Crippen LogP contribution in [0.2, 0.25) is 0 Å². The molecule has 2 aliphatic heterocycles. The van der Waals surface area contributed by atoms with Gasteiger partial charge in [0.25, 0.3) is 0 Å². The number of aromatic amines is 2. The summed E-state index contributed by atoms with van der Waals surface area (Å²) in [4.78, 5) is 44.0. The zero-order chi connectivity index (χ0) is 29.0. The average molecular weight is 567 g/mol. The van der Waals surface area contributed by atoms with Gasteiger partial charge < -0.3 is 24.4 Å². The predicted molar refractivity (Wildman–Crippen MR) is 160 cm³/mol. The Labute approximate surface area is 242 Å². The maximum Gasteiger partial charge on any atom is 0.410 e. The van der Waals surface area contributed by atoms with Crippen molar-refractivity contribution >= 4 is 28.0 Å². The maximum atomic E-state index is 13.5. The first kappa shape index (κ1) is 26.5. The number of hydrogen-bond donors (Lipinski definition) is 3. The van der Waals surface area contributed by atoms with Gasteiger partial charge in [-0.15, -0.1) is 0 Å². The number of carbonyl (C=O) groups excluding carboxylic acids is 1. The molecule has 0 bridgehead atoms. The Hall–Kier alpha value is -4.44. The number of benzene rings is 2. The number of ether oxygens (including phenoxy) is 1. The molecule has 42 heavy (non-hydrogen) atoms. The van der Waals surface area contributed by atoms with E-state index in [4.69, 9.17) is 9.15 Å². The minimum Gasteiger partial charge on any atom is -0.456 e. The van der Waals surface area contributed by atoms with Crippen LogP contribution in [0.4, 0.5) is 4.79 Å². The van der Waals surface area contributed by atoms with Crippen LogP contribution in [0.1, 0.15) is 70.2 Å². The molecular weight excluding hydrogens is 532 g/mol. The number of aromatic nitrogens is 4. The molecule has 2 atom stereocenters. The third-order valence-corrected chi connectivity index (χ3v) is 8.07. The van der Waals surface area contributed by atoms with Gasteiger partial charge in [-0.05, 0) is 83.3 Å². The Morgan fingerprint density at radius 1 is 0.929 bits per heavy atom. The van der Waals surface area contributed by atoms with Gasteiger partial charge in [-0.1, -0.05) is 6.07 Å². The second kappa shape index (κ2) is 10.1. The van der Waals surface area contributed by atoms with Crippen LogP contribution in [-0.2, 0) is 4.74 Å². The largest absolute Gasteiger partial charge is 0.456 e. The monoisotopic (exact) mass is 566 g/mol. The summed E-state index contributed by atoms with van der Waals surface area (Å²) in [5.41, 5.74) is 3.77.